The average Bonchev–Trinajstić information content (AvgIpc) is 2.78. The van der Waals surface area contributed by atoms with Crippen molar-refractivity contribution in [1.29, 1.82) is 0 Å². The van der Waals surface area contributed by atoms with Crippen LogP contribution in [0.4, 0.5) is 6.01 Å². The first-order valence-corrected chi connectivity index (χ1v) is 7.31. The van der Waals surface area contributed by atoms with Crippen LogP contribution in [0.5, 0.6) is 0 Å². The fraction of sp³-hybridized carbons (Fsp3) is 0.800. The van der Waals surface area contributed by atoms with E-state index in [0.717, 1.165) is 6.54 Å². The van der Waals surface area contributed by atoms with E-state index in [2.05, 4.69) is 20.8 Å². The topological polar surface area (TPSA) is 80.0 Å². The summed E-state index contributed by atoms with van der Waals surface area (Å²) in [6, 6.07) is 0.436. The Morgan fingerprint density at radius 1 is 1.41 bits per heavy atom. The molecule has 0 aromatic carbocycles. The first-order chi connectivity index (χ1) is 8.17. The molecule has 1 aromatic heterocycles. The summed E-state index contributed by atoms with van der Waals surface area (Å²) in [6.45, 7) is 7.32. The SMILES string of the molecule is CCNC(C)c1nnc(NCCS(=O)CC)o1. The molecular formula is C10H20N4O2S. The second-order valence-electron chi connectivity index (χ2n) is 3.58. The lowest BCUT2D eigenvalue weighted by molar-refractivity contribution is 0.429. The highest BCUT2D eigenvalue weighted by Crippen LogP contribution is 2.12. The maximum absolute atomic E-state index is 11.2. The first-order valence-electron chi connectivity index (χ1n) is 5.83. The fourth-order valence-corrected chi connectivity index (χ4v) is 1.91. The Morgan fingerprint density at radius 2 is 2.18 bits per heavy atom. The number of aromatic nitrogens is 2. The van der Waals surface area contributed by atoms with Crippen LogP contribution in [0.25, 0.3) is 0 Å². The van der Waals surface area contributed by atoms with Crippen molar-refractivity contribution < 1.29 is 8.63 Å². The van der Waals surface area contributed by atoms with Crippen LogP contribution in [0.3, 0.4) is 0 Å². The zero-order valence-corrected chi connectivity index (χ0v) is 11.3. The van der Waals surface area contributed by atoms with Gasteiger partial charge in [-0.05, 0) is 13.5 Å². The molecule has 17 heavy (non-hydrogen) atoms. The summed E-state index contributed by atoms with van der Waals surface area (Å²) in [5, 5.41) is 14.0. The lowest BCUT2D eigenvalue weighted by Gasteiger charge is -2.05. The number of hydrogen-bond donors (Lipinski definition) is 2. The van der Waals surface area contributed by atoms with E-state index >= 15 is 0 Å². The predicted octanol–water partition coefficient (Wildman–Crippen LogP) is 0.921. The van der Waals surface area contributed by atoms with Gasteiger partial charge in [0.25, 0.3) is 0 Å². The van der Waals surface area contributed by atoms with Gasteiger partial charge in [0.2, 0.25) is 5.89 Å². The zero-order valence-electron chi connectivity index (χ0n) is 10.5. The molecule has 1 rings (SSSR count). The minimum Gasteiger partial charge on any atom is -0.406 e. The molecule has 0 fully saturated rings. The molecule has 2 unspecified atom stereocenters. The molecular weight excluding hydrogens is 240 g/mol. The molecule has 6 nitrogen and oxygen atoms in total. The lowest BCUT2D eigenvalue weighted by atomic mass is 10.3. The summed E-state index contributed by atoms with van der Waals surface area (Å²) < 4.78 is 16.6. The van der Waals surface area contributed by atoms with Crippen molar-refractivity contribution in [3.63, 3.8) is 0 Å². The Balaban J connectivity index is 2.38. The van der Waals surface area contributed by atoms with Gasteiger partial charge >= 0.3 is 6.01 Å². The summed E-state index contributed by atoms with van der Waals surface area (Å²) in [6.07, 6.45) is 0. The second-order valence-corrected chi connectivity index (χ2v) is 5.45. The summed E-state index contributed by atoms with van der Waals surface area (Å²) in [5.41, 5.74) is 0. The standard InChI is InChI=1S/C10H20N4O2S/c1-4-11-8(3)9-13-14-10(16-9)12-6-7-17(15)5-2/h8,11H,4-7H2,1-3H3,(H,12,14). The van der Waals surface area contributed by atoms with Crippen LogP contribution in [-0.4, -0.2) is 39.0 Å². The largest absolute Gasteiger partial charge is 0.406 e. The molecule has 98 valence electrons. The Morgan fingerprint density at radius 3 is 2.82 bits per heavy atom. The third kappa shape index (κ3) is 4.82. The smallest absolute Gasteiger partial charge is 0.315 e. The molecule has 0 saturated carbocycles. The van der Waals surface area contributed by atoms with Gasteiger partial charge in [0, 0.05) is 28.9 Å². The molecule has 0 spiro atoms. The predicted molar refractivity (Wildman–Crippen MR) is 68.4 cm³/mol. The average molecular weight is 260 g/mol. The fourth-order valence-electron chi connectivity index (χ4n) is 1.29. The van der Waals surface area contributed by atoms with Crippen LogP contribution in [0.2, 0.25) is 0 Å². The van der Waals surface area contributed by atoms with Crippen LogP contribution in [0, 0.1) is 0 Å². The summed E-state index contributed by atoms with van der Waals surface area (Å²) in [5.74, 6) is 1.83. The molecule has 1 aromatic rings. The van der Waals surface area contributed by atoms with Gasteiger partial charge in [-0.1, -0.05) is 18.9 Å². The first kappa shape index (κ1) is 14.1. The number of anilines is 1. The van der Waals surface area contributed by atoms with Gasteiger partial charge in [-0.15, -0.1) is 5.10 Å². The molecule has 7 heteroatoms. The molecule has 0 aliphatic heterocycles. The maximum atomic E-state index is 11.2. The van der Waals surface area contributed by atoms with E-state index in [9.17, 15) is 4.21 Å². The summed E-state index contributed by atoms with van der Waals surface area (Å²) >= 11 is 0. The van der Waals surface area contributed by atoms with E-state index in [-0.39, 0.29) is 6.04 Å². The molecule has 0 aliphatic rings. The van der Waals surface area contributed by atoms with Crippen LogP contribution >= 0.6 is 0 Å². The zero-order chi connectivity index (χ0) is 12.7. The molecule has 0 saturated heterocycles. The summed E-state index contributed by atoms with van der Waals surface area (Å²) in [7, 11) is -0.770. The normalized spacial score (nSPS) is 14.5. The van der Waals surface area contributed by atoms with Gasteiger partial charge in [0.15, 0.2) is 0 Å². The van der Waals surface area contributed by atoms with E-state index in [1.54, 1.807) is 0 Å². The van der Waals surface area contributed by atoms with Crippen molar-refractivity contribution in [3.05, 3.63) is 5.89 Å². The van der Waals surface area contributed by atoms with Crippen LogP contribution < -0.4 is 10.6 Å². The van der Waals surface area contributed by atoms with Crippen molar-refractivity contribution in [3.8, 4) is 0 Å². The van der Waals surface area contributed by atoms with E-state index in [1.165, 1.54) is 0 Å². The maximum Gasteiger partial charge on any atom is 0.315 e. The molecule has 0 radical (unpaired) electrons. The highest BCUT2D eigenvalue weighted by atomic mass is 32.2. The van der Waals surface area contributed by atoms with Gasteiger partial charge in [-0.2, -0.15) is 0 Å². The quantitative estimate of drug-likeness (QED) is 0.723. The van der Waals surface area contributed by atoms with E-state index < -0.39 is 10.8 Å². The van der Waals surface area contributed by atoms with Gasteiger partial charge in [-0.25, -0.2) is 0 Å². The van der Waals surface area contributed by atoms with E-state index in [1.807, 2.05) is 20.8 Å². The van der Waals surface area contributed by atoms with Gasteiger partial charge in [-0.3, -0.25) is 4.21 Å². The Labute approximate surface area is 104 Å². The summed E-state index contributed by atoms with van der Waals surface area (Å²) in [4.78, 5) is 0. The highest BCUT2D eigenvalue weighted by Gasteiger charge is 2.12. The van der Waals surface area contributed by atoms with Gasteiger partial charge < -0.3 is 15.1 Å². The number of nitrogens with one attached hydrogen (secondary N) is 2. The molecule has 0 bridgehead atoms. The van der Waals surface area contributed by atoms with Crippen LogP contribution in [0.15, 0.2) is 4.42 Å². The lowest BCUT2D eigenvalue weighted by Crippen LogP contribution is -2.17. The Bertz CT molecular complexity index is 356. The van der Waals surface area contributed by atoms with E-state index in [4.69, 9.17) is 4.42 Å². The monoisotopic (exact) mass is 260 g/mol. The Kier molecular flexibility index (Phi) is 6.13. The minimum absolute atomic E-state index is 0.0489. The molecule has 0 aliphatic carbocycles. The molecule has 0 amide bonds. The molecule has 2 N–H and O–H groups in total. The van der Waals surface area contributed by atoms with E-state index in [0.29, 0.717) is 30.0 Å². The van der Waals surface area contributed by atoms with Crippen molar-refractivity contribution >= 4 is 16.8 Å². The van der Waals surface area contributed by atoms with Crippen molar-refractivity contribution in [1.82, 2.24) is 15.5 Å². The van der Waals surface area contributed by atoms with Crippen molar-refractivity contribution in [2.45, 2.75) is 26.8 Å². The second kappa shape index (κ2) is 7.39. The number of nitrogens with zero attached hydrogens (tertiary/aromatic N) is 2. The van der Waals surface area contributed by atoms with Gasteiger partial charge in [0.05, 0.1) is 6.04 Å². The highest BCUT2D eigenvalue weighted by molar-refractivity contribution is 7.84. The van der Waals surface area contributed by atoms with Crippen molar-refractivity contribution in [2.75, 3.05) is 29.9 Å². The van der Waals surface area contributed by atoms with Crippen molar-refractivity contribution in [2.24, 2.45) is 0 Å². The number of rotatable bonds is 8. The number of hydrogen-bond acceptors (Lipinski definition) is 6. The molecule has 2 atom stereocenters. The Hall–Kier alpha value is -0.950. The van der Waals surface area contributed by atoms with Gasteiger partial charge in [0.1, 0.15) is 0 Å². The van der Waals surface area contributed by atoms with Crippen LogP contribution in [0.1, 0.15) is 32.7 Å². The minimum atomic E-state index is -0.770. The third-order valence-corrected chi connectivity index (χ3v) is 3.55. The molecule has 1 heterocycles. The third-order valence-electron chi connectivity index (χ3n) is 2.25. The van der Waals surface area contributed by atoms with Crippen LogP contribution in [-0.2, 0) is 10.8 Å².